The second-order valence-electron chi connectivity index (χ2n) is 6.03. The normalized spacial score (nSPS) is 11.3. The maximum absolute atomic E-state index is 6.13. The van der Waals surface area contributed by atoms with Gasteiger partial charge in [-0.25, -0.2) is 0 Å². The van der Waals surface area contributed by atoms with E-state index in [-0.39, 0.29) is 6.04 Å². The lowest BCUT2D eigenvalue weighted by Crippen LogP contribution is -2.05. The molecule has 2 aromatic heterocycles. The molecular formula is C19H19Cl2N3OS. The first-order chi connectivity index (χ1) is 12.5. The Morgan fingerprint density at radius 2 is 1.88 bits per heavy atom. The van der Waals surface area contributed by atoms with E-state index < -0.39 is 0 Å². The number of nitrogens with zero attached hydrogens (tertiary/aromatic N) is 3. The minimum atomic E-state index is 0.233. The van der Waals surface area contributed by atoms with E-state index >= 15 is 0 Å². The summed E-state index contributed by atoms with van der Waals surface area (Å²) in [4.78, 5) is 5.24. The standard InChI is InChI=1S/C19H19Cl2N3OS/c1-13(2)24-19(26-18-8-15(20)7-16(21)9-18)14(10-23-24)11-25-12-17-5-3-4-6-22-17/h3-10,13H,11-12H2,1-2H3. The Hall–Kier alpha value is -1.53. The van der Waals surface area contributed by atoms with Crippen LogP contribution in [0.2, 0.25) is 10.0 Å². The molecule has 0 atom stereocenters. The van der Waals surface area contributed by atoms with Gasteiger partial charge in [0, 0.05) is 32.7 Å². The van der Waals surface area contributed by atoms with Crippen LogP contribution in [0.15, 0.2) is 58.7 Å². The molecule has 26 heavy (non-hydrogen) atoms. The van der Waals surface area contributed by atoms with Gasteiger partial charge in [-0.1, -0.05) is 41.0 Å². The van der Waals surface area contributed by atoms with Gasteiger partial charge in [0.1, 0.15) is 5.03 Å². The summed E-state index contributed by atoms with van der Waals surface area (Å²) < 4.78 is 7.83. The van der Waals surface area contributed by atoms with Crippen molar-refractivity contribution < 1.29 is 4.74 Å². The van der Waals surface area contributed by atoms with Crippen molar-refractivity contribution in [1.29, 1.82) is 0 Å². The zero-order chi connectivity index (χ0) is 18.5. The predicted molar refractivity (Wildman–Crippen MR) is 106 cm³/mol. The van der Waals surface area contributed by atoms with Crippen LogP contribution in [0, 0.1) is 0 Å². The molecule has 7 heteroatoms. The molecule has 0 fully saturated rings. The Kier molecular flexibility index (Phi) is 6.59. The number of halogens is 2. The van der Waals surface area contributed by atoms with E-state index in [2.05, 4.69) is 23.9 Å². The largest absolute Gasteiger partial charge is 0.370 e. The molecule has 0 bridgehead atoms. The van der Waals surface area contributed by atoms with Crippen LogP contribution in [-0.4, -0.2) is 14.8 Å². The molecule has 0 spiro atoms. The highest BCUT2D eigenvalue weighted by Gasteiger charge is 2.15. The first-order valence-corrected chi connectivity index (χ1v) is 9.78. The first kappa shape index (κ1) is 19.2. The Balaban J connectivity index is 1.77. The van der Waals surface area contributed by atoms with Gasteiger partial charge in [0.2, 0.25) is 0 Å². The topological polar surface area (TPSA) is 39.9 Å². The molecule has 0 unspecified atom stereocenters. The van der Waals surface area contributed by atoms with E-state index in [0.29, 0.717) is 23.3 Å². The molecule has 1 aromatic carbocycles. The summed E-state index contributed by atoms with van der Waals surface area (Å²) in [6.45, 7) is 5.11. The number of aromatic nitrogens is 3. The van der Waals surface area contributed by atoms with Gasteiger partial charge in [-0.15, -0.1) is 0 Å². The fourth-order valence-corrected chi connectivity index (χ4v) is 4.26. The van der Waals surface area contributed by atoms with Crippen LogP contribution in [0.5, 0.6) is 0 Å². The SMILES string of the molecule is CC(C)n1ncc(COCc2ccccn2)c1Sc1cc(Cl)cc(Cl)c1. The monoisotopic (exact) mass is 407 g/mol. The van der Waals surface area contributed by atoms with Crippen molar-refractivity contribution in [1.82, 2.24) is 14.8 Å². The highest BCUT2D eigenvalue weighted by molar-refractivity contribution is 7.99. The van der Waals surface area contributed by atoms with E-state index in [1.54, 1.807) is 24.0 Å². The molecule has 0 aliphatic rings. The second-order valence-corrected chi connectivity index (χ2v) is 7.97. The molecular weight excluding hydrogens is 389 g/mol. The Morgan fingerprint density at radius 1 is 1.12 bits per heavy atom. The number of hydrogen-bond acceptors (Lipinski definition) is 4. The maximum Gasteiger partial charge on any atom is 0.105 e. The van der Waals surface area contributed by atoms with Crippen molar-refractivity contribution in [2.24, 2.45) is 0 Å². The Bertz CT molecular complexity index is 848. The highest BCUT2D eigenvalue weighted by Crippen LogP contribution is 2.35. The summed E-state index contributed by atoms with van der Waals surface area (Å²) in [6.07, 6.45) is 3.62. The molecule has 0 aliphatic heterocycles. The molecule has 0 N–H and O–H groups in total. The number of rotatable bonds is 7. The first-order valence-electron chi connectivity index (χ1n) is 8.21. The van der Waals surface area contributed by atoms with Crippen molar-refractivity contribution in [2.45, 2.75) is 43.0 Å². The average molecular weight is 408 g/mol. The van der Waals surface area contributed by atoms with Crippen LogP contribution >= 0.6 is 35.0 Å². The van der Waals surface area contributed by atoms with E-state index in [4.69, 9.17) is 27.9 Å². The lowest BCUT2D eigenvalue weighted by atomic mass is 10.3. The highest BCUT2D eigenvalue weighted by atomic mass is 35.5. The van der Waals surface area contributed by atoms with Gasteiger partial charge in [0.25, 0.3) is 0 Å². The molecule has 136 valence electrons. The zero-order valence-electron chi connectivity index (χ0n) is 14.5. The lowest BCUT2D eigenvalue weighted by molar-refractivity contribution is 0.103. The minimum Gasteiger partial charge on any atom is -0.370 e. The second kappa shape index (κ2) is 8.91. The van der Waals surface area contributed by atoms with Crippen LogP contribution in [0.25, 0.3) is 0 Å². The van der Waals surface area contributed by atoms with Gasteiger partial charge >= 0.3 is 0 Å². The summed E-state index contributed by atoms with van der Waals surface area (Å²) in [5.41, 5.74) is 1.93. The van der Waals surface area contributed by atoms with Crippen LogP contribution in [0.3, 0.4) is 0 Å². The number of benzene rings is 1. The molecule has 3 rings (SSSR count). The Morgan fingerprint density at radius 3 is 2.54 bits per heavy atom. The summed E-state index contributed by atoms with van der Waals surface area (Å²) in [7, 11) is 0. The summed E-state index contributed by atoms with van der Waals surface area (Å²) in [5, 5.41) is 6.77. The smallest absolute Gasteiger partial charge is 0.105 e. The van der Waals surface area contributed by atoms with Crippen molar-refractivity contribution in [3.05, 3.63) is 70.1 Å². The number of ether oxygens (including phenoxy) is 1. The van der Waals surface area contributed by atoms with Crippen LogP contribution < -0.4 is 0 Å². The van der Waals surface area contributed by atoms with Gasteiger partial charge in [-0.05, 0) is 44.2 Å². The molecule has 0 saturated carbocycles. The zero-order valence-corrected chi connectivity index (χ0v) is 16.9. The summed E-state index contributed by atoms with van der Waals surface area (Å²) in [6, 6.07) is 11.5. The number of hydrogen-bond donors (Lipinski definition) is 0. The lowest BCUT2D eigenvalue weighted by Gasteiger charge is -2.13. The summed E-state index contributed by atoms with van der Waals surface area (Å²) >= 11 is 13.9. The fourth-order valence-electron chi connectivity index (χ4n) is 2.41. The van der Waals surface area contributed by atoms with Crippen LogP contribution in [0.1, 0.15) is 31.1 Å². The molecule has 0 aliphatic carbocycles. The third-order valence-corrected chi connectivity index (χ3v) is 5.14. The molecule has 0 amide bonds. The summed E-state index contributed by atoms with van der Waals surface area (Å²) in [5.74, 6) is 0. The fraction of sp³-hybridized carbons (Fsp3) is 0.263. The third kappa shape index (κ3) is 5.01. The van der Waals surface area contributed by atoms with Crippen LogP contribution in [-0.2, 0) is 18.0 Å². The van der Waals surface area contributed by atoms with Crippen molar-refractivity contribution in [3.8, 4) is 0 Å². The quantitative estimate of drug-likeness (QED) is 0.478. The predicted octanol–water partition coefficient (Wildman–Crippen LogP) is 6.03. The van der Waals surface area contributed by atoms with Gasteiger partial charge in [0.05, 0.1) is 25.1 Å². The minimum absolute atomic E-state index is 0.233. The average Bonchev–Trinajstić information content (AvgIpc) is 2.98. The third-order valence-electron chi connectivity index (χ3n) is 3.59. The molecule has 4 nitrogen and oxygen atoms in total. The van der Waals surface area contributed by atoms with Gasteiger partial charge < -0.3 is 4.74 Å². The van der Waals surface area contributed by atoms with E-state index in [1.165, 1.54) is 0 Å². The molecule has 3 aromatic rings. The Labute approximate surface area is 167 Å². The molecule has 2 heterocycles. The number of pyridine rings is 1. The van der Waals surface area contributed by atoms with Crippen molar-refractivity contribution >= 4 is 35.0 Å². The van der Waals surface area contributed by atoms with Gasteiger partial charge in [-0.3, -0.25) is 9.67 Å². The molecule has 0 radical (unpaired) electrons. The van der Waals surface area contributed by atoms with Crippen LogP contribution in [0.4, 0.5) is 0 Å². The van der Waals surface area contributed by atoms with Crippen molar-refractivity contribution in [2.75, 3.05) is 0 Å². The van der Waals surface area contributed by atoms with Gasteiger partial charge in [-0.2, -0.15) is 5.10 Å². The molecule has 0 saturated heterocycles. The van der Waals surface area contributed by atoms with E-state index in [9.17, 15) is 0 Å². The van der Waals surface area contributed by atoms with Crippen molar-refractivity contribution in [3.63, 3.8) is 0 Å². The van der Waals surface area contributed by atoms with Gasteiger partial charge in [0.15, 0.2) is 0 Å². The van der Waals surface area contributed by atoms with E-state index in [1.807, 2.05) is 41.2 Å². The maximum atomic E-state index is 6.13. The van der Waals surface area contributed by atoms with E-state index in [0.717, 1.165) is 21.2 Å².